The largest absolute Gasteiger partial charge is 0.349 e. The summed E-state index contributed by atoms with van der Waals surface area (Å²) in [5.74, 6) is -0.104. The van der Waals surface area contributed by atoms with Gasteiger partial charge in [-0.1, -0.05) is 28.1 Å². The Labute approximate surface area is 139 Å². The maximum Gasteiger partial charge on any atom is 0.225 e. The molecule has 3 N–H and O–H groups in total. The maximum absolute atomic E-state index is 12.5. The van der Waals surface area contributed by atoms with Crippen LogP contribution in [0, 0.1) is 0 Å². The van der Waals surface area contributed by atoms with Gasteiger partial charge in [0.05, 0.1) is 12.5 Å². The minimum atomic E-state index is -0.309. The van der Waals surface area contributed by atoms with E-state index in [4.69, 9.17) is 5.73 Å². The van der Waals surface area contributed by atoms with E-state index in [1.807, 2.05) is 29.2 Å². The van der Waals surface area contributed by atoms with Gasteiger partial charge in [0.2, 0.25) is 11.8 Å². The van der Waals surface area contributed by atoms with Crippen molar-refractivity contribution in [2.45, 2.75) is 38.3 Å². The summed E-state index contributed by atoms with van der Waals surface area (Å²) in [5, 5.41) is 2.86. The number of amides is 2. The van der Waals surface area contributed by atoms with Gasteiger partial charge in [0.25, 0.3) is 0 Å². The highest BCUT2D eigenvalue weighted by Crippen LogP contribution is 2.21. The summed E-state index contributed by atoms with van der Waals surface area (Å²) in [5.41, 5.74) is 6.86. The number of benzene rings is 1. The fraction of sp³-hybridized carbons (Fsp3) is 0.500. The standard InChI is InChI=1S/C16H22BrN3O2/c1-11(21)19-15(12-4-6-13(17)7-5-12)9-16(22)20-8-2-3-14(18)10-20/h4-7,14-15H,2-3,8-10,18H2,1H3,(H,19,21)/t14-,15-/m0/s1. The lowest BCUT2D eigenvalue weighted by atomic mass is 10.0. The highest BCUT2D eigenvalue weighted by molar-refractivity contribution is 9.10. The number of halogens is 1. The Morgan fingerprint density at radius 1 is 1.41 bits per heavy atom. The summed E-state index contributed by atoms with van der Waals surface area (Å²) in [6, 6.07) is 7.40. The highest BCUT2D eigenvalue weighted by atomic mass is 79.9. The van der Waals surface area contributed by atoms with Crippen molar-refractivity contribution in [2.75, 3.05) is 13.1 Å². The van der Waals surface area contributed by atoms with E-state index >= 15 is 0 Å². The van der Waals surface area contributed by atoms with Crippen molar-refractivity contribution in [1.82, 2.24) is 10.2 Å². The Bertz CT molecular complexity index is 533. The number of carbonyl (C=O) groups excluding carboxylic acids is 2. The smallest absolute Gasteiger partial charge is 0.225 e. The Balaban J connectivity index is 2.07. The van der Waals surface area contributed by atoms with Gasteiger partial charge in [-0.15, -0.1) is 0 Å². The van der Waals surface area contributed by atoms with Crippen LogP contribution in [0.15, 0.2) is 28.7 Å². The minimum Gasteiger partial charge on any atom is -0.349 e. The summed E-state index contributed by atoms with van der Waals surface area (Å²) < 4.78 is 0.964. The van der Waals surface area contributed by atoms with Crippen molar-refractivity contribution >= 4 is 27.7 Å². The SMILES string of the molecule is CC(=O)N[C@@H](CC(=O)N1CCC[C@H](N)C1)c1ccc(Br)cc1. The summed E-state index contributed by atoms with van der Waals surface area (Å²) in [7, 11) is 0. The number of likely N-dealkylation sites (tertiary alicyclic amines) is 1. The number of hydrogen-bond donors (Lipinski definition) is 2. The number of nitrogens with one attached hydrogen (secondary N) is 1. The van der Waals surface area contributed by atoms with Crippen molar-refractivity contribution in [3.63, 3.8) is 0 Å². The molecular formula is C16H22BrN3O2. The molecular weight excluding hydrogens is 346 g/mol. The molecule has 1 aromatic rings. The van der Waals surface area contributed by atoms with E-state index in [0.717, 1.165) is 29.4 Å². The van der Waals surface area contributed by atoms with Crippen LogP contribution in [0.4, 0.5) is 0 Å². The Kier molecular flexibility index (Phi) is 5.97. The molecule has 2 amide bonds. The molecule has 5 nitrogen and oxygen atoms in total. The van der Waals surface area contributed by atoms with Crippen LogP contribution in [0.25, 0.3) is 0 Å². The summed E-state index contributed by atoms with van der Waals surface area (Å²) >= 11 is 3.39. The van der Waals surface area contributed by atoms with Gasteiger partial charge < -0.3 is 16.0 Å². The van der Waals surface area contributed by atoms with Gasteiger partial charge in [0.15, 0.2) is 0 Å². The van der Waals surface area contributed by atoms with E-state index in [9.17, 15) is 9.59 Å². The summed E-state index contributed by atoms with van der Waals surface area (Å²) in [6.07, 6.45) is 2.16. The van der Waals surface area contributed by atoms with Gasteiger partial charge in [-0.05, 0) is 30.5 Å². The first-order chi connectivity index (χ1) is 10.5. The van der Waals surface area contributed by atoms with E-state index in [1.54, 1.807) is 0 Å². The van der Waals surface area contributed by atoms with Gasteiger partial charge in [-0.3, -0.25) is 9.59 Å². The number of nitrogens with zero attached hydrogens (tertiary/aromatic N) is 1. The number of rotatable bonds is 4. The van der Waals surface area contributed by atoms with Crippen molar-refractivity contribution < 1.29 is 9.59 Å². The second kappa shape index (κ2) is 7.74. The first-order valence-corrected chi connectivity index (χ1v) is 8.31. The van der Waals surface area contributed by atoms with E-state index in [0.29, 0.717) is 6.54 Å². The summed E-state index contributed by atoms with van der Waals surface area (Å²) in [6.45, 7) is 2.82. The third-order valence-corrected chi connectivity index (χ3v) is 4.37. The quantitative estimate of drug-likeness (QED) is 0.853. The molecule has 1 heterocycles. The first-order valence-electron chi connectivity index (χ1n) is 7.51. The van der Waals surface area contributed by atoms with E-state index in [2.05, 4.69) is 21.2 Å². The van der Waals surface area contributed by atoms with Crippen LogP contribution < -0.4 is 11.1 Å². The zero-order valence-electron chi connectivity index (χ0n) is 12.7. The number of piperidine rings is 1. The minimum absolute atomic E-state index is 0.0387. The van der Waals surface area contributed by atoms with E-state index in [-0.39, 0.29) is 30.3 Å². The molecule has 0 radical (unpaired) electrons. The normalized spacial score (nSPS) is 19.6. The Morgan fingerprint density at radius 3 is 2.68 bits per heavy atom. The van der Waals surface area contributed by atoms with Crippen molar-refractivity contribution in [1.29, 1.82) is 0 Å². The second-order valence-electron chi connectivity index (χ2n) is 5.75. The monoisotopic (exact) mass is 367 g/mol. The molecule has 0 bridgehead atoms. The lowest BCUT2D eigenvalue weighted by Crippen LogP contribution is -2.46. The van der Waals surface area contributed by atoms with Crippen LogP contribution in [0.3, 0.4) is 0 Å². The zero-order valence-corrected chi connectivity index (χ0v) is 14.3. The highest BCUT2D eigenvalue weighted by Gasteiger charge is 2.24. The molecule has 1 saturated heterocycles. The molecule has 0 aromatic heterocycles. The fourth-order valence-electron chi connectivity index (χ4n) is 2.73. The van der Waals surface area contributed by atoms with Crippen LogP contribution in [-0.4, -0.2) is 35.8 Å². The zero-order chi connectivity index (χ0) is 16.1. The molecule has 2 rings (SSSR count). The lowest BCUT2D eigenvalue weighted by Gasteiger charge is -2.32. The van der Waals surface area contributed by atoms with Gasteiger partial charge >= 0.3 is 0 Å². The molecule has 120 valence electrons. The van der Waals surface area contributed by atoms with Gasteiger partial charge in [-0.25, -0.2) is 0 Å². The first kappa shape index (κ1) is 17.0. The average molecular weight is 368 g/mol. The van der Waals surface area contributed by atoms with E-state index in [1.165, 1.54) is 6.92 Å². The molecule has 0 spiro atoms. The molecule has 1 fully saturated rings. The van der Waals surface area contributed by atoms with Crippen LogP contribution >= 0.6 is 15.9 Å². The van der Waals surface area contributed by atoms with Crippen molar-refractivity contribution in [3.8, 4) is 0 Å². The predicted molar refractivity (Wildman–Crippen MR) is 89.1 cm³/mol. The van der Waals surface area contributed by atoms with Crippen LogP contribution in [0.2, 0.25) is 0 Å². The molecule has 0 aliphatic carbocycles. The number of hydrogen-bond acceptors (Lipinski definition) is 3. The number of carbonyl (C=O) groups is 2. The Hall–Kier alpha value is -1.40. The van der Waals surface area contributed by atoms with Gasteiger partial charge in [0, 0.05) is 30.5 Å². The molecule has 1 aliphatic rings. The van der Waals surface area contributed by atoms with Crippen LogP contribution in [0.5, 0.6) is 0 Å². The fourth-order valence-corrected chi connectivity index (χ4v) is 3.00. The van der Waals surface area contributed by atoms with Crippen molar-refractivity contribution in [2.24, 2.45) is 5.73 Å². The third kappa shape index (κ3) is 4.81. The van der Waals surface area contributed by atoms with Crippen LogP contribution in [-0.2, 0) is 9.59 Å². The second-order valence-corrected chi connectivity index (χ2v) is 6.67. The average Bonchev–Trinajstić information content (AvgIpc) is 2.47. The lowest BCUT2D eigenvalue weighted by molar-refractivity contribution is -0.133. The predicted octanol–water partition coefficient (Wildman–Crippen LogP) is 1.97. The Morgan fingerprint density at radius 2 is 2.09 bits per heavy atom. The van der Waals surface area contributed by atoms with Crippen LogP contribution in [0.1, 0.15) is 37.8 Å². The molecule has 1 aromatic carbocycles. The molecule has 2 atom stereocenters. The van der Waals surface area contributed by atoms with Crippen molar-refractivity contribution in [3.05, 3.63) is 34.3 Å². The molecule has 0 saturated carbocycles. The van der Waals surface area contributed by atoms with Gasteiger partial charge in [0.1, 0.15) is 0 Å². The van der Waals surface area contributed by atoms with E-state index < -0.39 is 0 Å². The molecule has 22 heavy (non-hydrogen) atoms. The molecule has 6 heteroatoms. The maximum atomic E-state index is 12.5. The molecule has 1 aliphatic heterocycles. The molecule has 0 unspecified atom stereocenters. The topological polar surface area (TPSA) is 75.4 Å². The third-order valence-electron chi connectivity index (χ3n) is 3.84. The summed E-state index contributed by atoms with van der Waals surface area (Å²) in [4.78, 5) is 25.7. The van der Waals surface area contributed by atoms with Gasteiger partial charge in [-0.2, -0.15) is 0 Å². The number of nitrogens with two attached hydrogens (primary N) is 1.